The number of nitrogens with one attached hydrogen (secondary N) is 1. The van der Waals surface area contributed by atoms with Gasteiger partial charge >= 0.3 is 0 Å². The molecule has 1 amide bonds. The maximum absolute atomic E-state index is 12.3. The number of carbonyl (C=O) groups excluding carboxylic acids is 1. The average molecular weight is 268 g/mol. The van der Waals surface area contributed by atoms with E-state index in [1.807, 2.05) is 0 Å². The van der Waals surface area contributed by atoms with Crippen molar-refractivity contribution in [2.75, 3.05) is 26.2 Å². The van der Waals surface area contributed by atoms with Gasteiger partial charge in [0, 0.05) is 19.0 Å². The van der Waals surface area contributed by atoms with Crippen LogP contribution in [0.15, 0.2) is 0 Å². The molecular formula is C16H32N2O. The molecule has 19 heavy (non-hydrogen) atoms. The Balaban J connectivity index is 2.33. The third kappa shape index (κ3) is 5.94. The highest BCUT2D eigenvalue weighted by molar-refractivity contribution is 5.79. The summed E-state index contributed by atoms with van der Waals surface area (Å²) in [7, 11) is 0. The second-order valence-corrected chi connectivity index (χ2v) is 6.90. The molecule has 0 aliphatic carbocycles. The third-order valence-electron chi connectivity index (χ3n) is 4.13. The first kappa shape index (κ1) is 16.5. The van der Waals surface area contributed by atoms with Gasteiger partial charge in [0.15, 0.2) is 0 Å². The lowest BCUT2D eigenvalue weighted by Gasteiger charge is -2.30. The quantitative estimate of drug-likeness (QED) is 0.769. The van der Waals surface area contributed by atoms with E-state index < -0.39 is 0 Å². The van der Waals surface area contributed by atoms with E-state index in [9.17, 15) is 4.79 Å². The molecule has 0 aromatic heterocycles. The Labute approximate surface area is 119 Å². The molecule has 0 spiro atoms. The molecule has 1 saturated heterocycles. The van der Waals surface area contributed by atoms with E-state index in [2.05, 4.69) is 37.9 Å². The Kier molecular flexibility index (Phi) is 6.84. The van der Waals surface area contributed by atoms with Crippen LogP contribution in [0, 0.1) is 11.3 Å². The lowest BCUT2D eigenvalue weighted by Crippen LogP contribution is -2.41. The predicted octanol–water partition coefficient (Wildman–Crippen LogP) is 3.05. The van der Waals surface area contributed by atoms with Gasteiger partial charge in [-0.2, -0.15) is 0 Å². The lowest BCUT2D eigenvalue weighted by atomic mass is 9.77. The van der Waals surface area contributed by atoms with Crippen molar-refractivity contribution in [3.63, 3.8) is 0 Å². The van der Waals surface area contributed by atoms with Gasteiger partial charge in [-0.3, -0.25) is 4.79 Å². The molecule has 1 heterocycles. The van der Waals surface area contributed by atoms with E-state index in [1.54, 1.807) is 0 Å². The summed E-state index contributed by atoms with van der Waals surface area (Å²) >= 11 is 0. The minimum Gasteiger partial charge on any atom is -0.355 e. The average Bonchev–Trinajstić information content (AvgIpc) is 2.81. The van der Waals surface area contributed by atoms with Gasteiger partial charge in [-0.25, -0.2) is 0 Å². The molecule has 0 radical (unpaired) electrons. The van der Waals surface area contributed by atoms with Crippen LogP contribution in [-0.4, -0.2) is 37.0 Å². The van der Waals surface area contributed by atoms with Crippen LogP contribution in [0.1, 0.15) is 59.8 Å². The second kappa shape index (κ2) is 7.88. The normalized spacial score (nSPS) is 18.5. The minimum atomic E-state index is 0.0624. The number of hydrogen-bond donors (Lipinski definition) is 1. The Morgan fingerprint density at radius 3 is 2.42 bits per heavy atom. The summed E-state index contributed by atoms with van der Waals surface area (Å²) in [5.41, 5.74) is 0.0624. The van der Waals surface area contributed by atoms with Crippen LogP contribution in [0.5, 0.6) is 0 Å². The minimum absolute atomic E-state index is 0.0624. The van der Waals surface area contributed by atoms with Crippen molar-refractivity contribution in [1.82, 2.24) is 10.2 Å². The summed E-state index contributed by atoms with van der Waals surface area (Å²) in [6, 6.07) is 0. The molecule has 1 rings (SSSR count). The Hall–Kier alpha value is -0.570. The summed E-state index contributed by atoms with van der Waals surface area (Å²) in [6.45, 7) is 12.9. The summed E-state index contributed by atoms with van der Waals surface area (Å²) in [4.78, 5) is 14.8. The summed E-state index contributed by atoms with van der Waals surface area (Å²) < 4.78 is 0. The van der Waals surface area contributed by atoms with Crippen molar-refractivity contribution in [1.29, 1.82) is 0 Å². The van der Waals surface area contributed by atoms with Crippen molar-refractivity contribution in [2.45, 2.75) is 59.8 Å². The maximum Gasteiger partial charge on any atom is 0.223 e. The first-order chi connectivity index (χ1) is 8.95. The Morgan fingerprint density at radius 2 is 1.89 bits per heavy atom. The van der Waals surface area contributed by atoms with Crippen LogP contribution in [0.25, 0.3) is 0 Å². The van der Waals surface area contributed by atoms with Gasteiger partial charge in [-0.1, -0.05) is 40.5 Å². The van der Waals surface area contributed by atoms with Crippen molar-refractivity contribution in [3.05, 3.63) is 0 Å². The lowest BCUT2D eigenvalue weighted by molar-refractivity contribution is -0.128. The van der Waals surface area contributed by atoms with Gasteiger partial charge in [0.1, 0.15) is 0 Å². The highest BCUT2D eigenvalue weighted by atomic mass is 16.1. The fourth-order valence-corrected chi connectivity index (χ4v) is 2.83. The van der Waals surface area contributed by atoms with Crippen LogP contribution < -0.4 is 5.32 Å². The highest BCUT2D eigenvalue weighted by Crippen LogP contribution is 2.30. The molecule has 0 bridgehead atoms. The van der Waals surface area contributed by atoms with E-state index in [0.717, 1.165) is 32.4 Å². The fourth-order valence-electron chi connectivity index (χ4n) is 2.83. The summed E-state index contributed by atoms with van der Waals surface area (Å²) in [5, 5.41) is 3.14. The van der Waals surface area contributed by atoms with Crippen LogP contribution in [-0.2, 0) is 4.79 Å². The number of rotatable bonds is 7. The number of carbonyl (C=O) groups is 1. The van der Waals surface area contributed by atoms with Gasteiger partial charge in [-0.15, -0.1) is 0 Å². The molecule has 1 aliphatic heterocycles. The van der Waals surface area contributed by atoms with Crippen molar-refractivity contribution >= 4 is 5.91 Å². The van der Waals surface area contributed by atoms with E-state index in [0.29, 0.717) is 0 Å². The third-order valence-corrected chi connectivity index (χ3v) is 4.13. The van der Waals surface area contributed by atoms with Crippen LogP contribution in [0.4, 0.5) is 0 Å². The van der Waals surface area contributed by atoms with Crippen LogP contribution in [0.2, 0.25) is 0 Å². The maximum atomic E-state index is 12.3. The summed E-state index contributed by atoms with van der Waals surface area (Å²) in [6.07, 6.45) is 5.94. The number of amides is 1. The van der Waals surface area contributed by atoms with Gasteiger partial charge < -0.3 is 10.2 Å². The molecule has 1 aliphatic rings. The fraction of sp³-hybridized carbons (Fsp3) is 0.938. The first-order valence-electron chi connectivity index (χ1n) is 7.95. The molecule has 0 saturated carbocycles. The number of nitrogens with zero attached hydrogens (tertiary/aromatic N) is 1. The highest BCUT2D eigenvalue weighted by Gasteiger charge is 2.30. The zero-order valence-corrected chi connectivity index (χ0v) is 13.3. The molecule has 1 N–H and O–H groups in total. The van der Waals surface area contributed by atoms with E-state index in [1.165, 1.54) is 25.9 Å². The van der Waals surface area contributed by atoms with Gasteiger partial charge in [0.25, 0.3) is 0 Å². The number of unbranched alkanes of at least 4 members (excludes halogenated alkanes) is 1. The van der Waals surface area contributed by atoms with Gasteiger partial charge in [0.2, 0.25) is 5.91 Å². The van der Waals surface area contributed by atoms with Crippen LogP contribution in [0.3, 0.4) is 0 Å². The second-order valence-electron chi connectivity index (χ2n) is 6.90. The van der Waals surface area contributed by atoms with Crippen molar-refractivity contribution in [3.8, 4) is 0 Å². The van der Waals surface area contributed by atoms with Crippen LogP contribution >= 0.6 is 0 Å². The topological polar surface area (TPSA) is 32.3 Å². The molecule has 0 aromatic carbocycles. The Bertz CT molecular complexity index is 264. The standard InChI is InChI=1S/C16H32N2O/c1-5-6-9-14(16(2,3)4)15(19)17-10-13-18-11-7-8-12-18/h14H,5-13H2,1-4H3,(H,17,19). The van der Waals surface area contributed by atoms with Crippen molar-refractivity contribution < 1.29 is 4.79 Å². The Morgan fingerprint density at radius 1 is 1.26 bits per heavy atom. The van der Waals surface area contributed by atoms with Gasteiger partial charge in [0.05, 0.1) is 0 Å². The first-order valence-corrected chi connectivity index (χ1v) is 7.95. The molecule has 1 unspecified atom stereocenters. The van der Waals surface area contributed by atoms with E-state index in [-0.39, 0.29) is 17.2 Å². The molecule has 0 aromatic rings. The van der Waals surface area contributed by atoms with E-state index in [4.69, 9.17) is 0 Å². The molecule has 112 valence electrons. The smallest absolute Gasteiger partial charge is 0.223 e. The largest absolute Gasteiger partial charge is 0.355 e. The number of likely N-dealkylation sites (tertiary alicyclic amines) is 1. The molecule has 1 atom stereocenters. The molecule has 3 heteroatoms. The molecule has 1 fully saturated rings. The zero-order valence-electron chi connectivity index (χ0n) is 13.3. The monoisotopic (exact) mass is 268 g/mol. The van der Waals surface area contributed by atoms with E-state index >= 15 is 0 Å². The predicted molar refractivity (Wildman–Crippen MR) is 81.2 cm³/mol. The van der Waals surface area contributed by atoms with Gasteiger partial charge in [-0.05, 0) is 37.8 Å². The summed E-state index contributed by atoms with van der Waals surface area (Å²) in [5.74, 6) is 0.395. The molecule has 3 nitrogen and oxygen atoms in total. The van der Waals surface area contributed by atoms with Crippen molar-refractivity contribution in [2.24, 2.45) is 11.3 Å². The zero-order chi connectivity index (χ0) is 14.3. The SMILES string of the molecule is CCCCC(C(=O)NCCN1CCCC1)C(C)(C)C. The molecular weight excluding hydrogens is 236 g/mol. The number of hydrogen-bond acceptors (Lipinski definition) is 2.